The van der Waals surface area contributed by atoms with E-state index in [0.29, 0.717) is 18.8 Å². The summed E-state index contributed by atoms with van der Waals surface area (Å²) in [6.45, 7) is 2.21. The predicted molar refractivity (Wildman–Crippen MR) is 69.5 cm³/mol. The average molecular weight is 264 g/mol. The minimum atomic E-state index is -3.95. The van der Waals surface area contributed by atoms with Crippen molar-refractivity contribution in [2.45, 2.75) is 83.7 Å². The van der Waals surface area contributed by atoms with Gasteiger partial charge in [0.1, 0.15) is 0 Å². The third-order valence-electron chi connectivity index (χ3n) is 4.28. The molecule has 0 spiro atoms. The molecule has 0 aromatic carbocycles. The Balaban J connectivity index is 2.02. The maximum absolute atomic E-state index is 12.5. The van der Waals surface area contributed by atoms with Crippen LogP contribution in [0.25, 0.3) is 0 Å². The molecule has 0 heterocycles. The van der Waals surface area contributed by atoms with E-state index in [9.17, 15) is 13.2 Å². The van der Waals surface area contributed by atoms with Gasteiger partial charge in [0.25, 0.3) is 0 Å². The summed E-state index contributed by atoms with van der Waals surface area (Å²) in [6, 6.07) is 0. The Bertz CT molecular complexity index is 202. The highest BCUT2D eigenvalue weighted by atomic mass is 19.4. The van der Waals surface area contributed by atoms with Crippen molar-refractivity contribution in [2.24, 2.45) is 11.8 Å². The Kier molecular flexibility index (Phi) is 7.10. The fraction of sp³-hybridized carbons (Fsp3) is 1.00. The highest BCUT2D eigenvalue weighted by molar-refractivity contribution is 4.77. The van der Waals surface area contributed by atoms with Gasteiger partial charge in [0, 0.05) is 0 Å². The van der Waals surface area contributed by atoms with Crippen LogP contribution in [0.2, 0.25) is 0 Å². The van der Waals surface area contributed by atoms with Gasteiger partial charge in [-0.05, 0) is 31.6 Å². The first-order valence-corrected chi connectivity index (χ1v) is 7.60. The highest BCUT2D eigenvalue weighted by Crippen LogP contribution is 2.40. The Morgan fingerprint density at radius 2 is 1.39 bits per heavy atom. The van der Waals surface area contributed by atoms with Crippen LogP contribution < -0.4 is 0 Å². The molecule has 0 radical (unpaired) electrons. The van der Waals surface area contributed by atoms with Gasteiger partial charge in [-0.1, -0.05) is 51.9 Å². The summed E-state index contributed by atoms with van der Waals surface area (Å²) >= 11 is 0. The summed E-state index contributed by atoms with van der Waals surface area (Å²) in [6.07, 6.45) is 7.18. The second kappa shape index (κ2) is 8.06. The fourth-order valence-electron chi connectivity index (χ4n) is 2.99. The smallest absolute Gasteiger partial charge is 0.171 e. The molecule has 0 unspecified atom stereocenters. The van der Waals surface area contributed by atoms with E-state index in [1.54, 1.807) is 0 Å². The molecule has 0 N–H and O–H groups in total. The SMILES string of the molecule is CCCCCCCC[C@H]1CC[C@H](C(F)(F)F)CC1. The molecule has 1 rings (SSSR count). The van der Waals surface area contributed by atoms with E-state index >= 15 is 0 Å². The molecule has 18 heavy (non-hydrogen) atoms. The summed E-state index contributed by atoms with van der Waals surface area (Å²) in [5.41, 5.74) is 0. The first-order chi connectivity index (χ1) is 8.54. The molecule has 0 amide bonds. The zero-order chi connectivity index (χ0) is 13.4. The minimum Gasteiger partial charge on any atom is -0.171 e. The van der Waals surface area contributed by atoms with Crippen molar-refractivity contribution in [2.75, 3.05) is 0 Å². The fourth-order valence-corrected chi connectivity index (χ4v) is 2.99. The Hall–Kier alpha value is -0.210. The van der Waals surface area contributed by atoms with Crippen molar-refractivity contribution in [3.8, 4) is 0 Å². The van der Waals surface area contributed by atoms with Gasteiger partial charge in [-0.25, -0.2) is 0 Å². The zero-order valence-electron chi connectivity index (χ0n) is 11.6. The Morgan fingerprint density at radius 1 is 0.833 bits per heavy atom. The monoisotopic (exact) mass is 264 g/mol. The van der Waals surface area contributed by atoms with E-state index in [1.165, 1.54) is 38.5 Å². The lowest BCUT2D eigenvalue weighted by Gasteiger charge is -2.29. The van der Waals surface area contributed by atoms with Gasteiger partial charge in [0.05, 0.1) is 5.92 Å². The van der Waals surface area contributed by atoms with Crippen LogP contribution in [0.15, 0.2) is 0 Å². The van der Waals surface area contributed by atoms with Crippen molar-refractivity contribution in [3.05, 3.63) is 0 Å². The molecule has 0 saturated heterocycles. The molecule has 1 aliphatic rings. The van der Waals surface area contributed by atoms with Crippen molar-refractivity contribution in [1.82, 2.24) is 0 Å². The predicted octanol–water partition coefficient (Wildman–Crippen LogP) is 6.11. The molecule has 0 nitrogen and oxygen atoms in total. The van der Waals surface area contributed by atoms with Crippen LogP contribution in [-0.4, -0.2) is 6.18 Å². The summed E-state index contributed by atoms with van der Waals surface area (Å²) < 4.78 is 37.5. The van der Waals surface area contributed by atoms with Crippen molar-refractivity contribution >= 4 is 0 Å². The standard InChI is InChI=1S/C15H27F3/c1-2-3-4-5-6-7-8-13-9-11-14(12-10-13)15(16,17)18/h13-14H,2-12H2,1H3/t13-,14-. The lowest BCUT2D eigenvalue weighted by atomic mass is 9.79. The molecule has 0 aliphatic heterocycles. The van der Waals surface area contributed by atoms with Crippen LogP contribution in [0.4, 0.5) is 13.2 Å². The molecule has 1 saturated carbocycles. The summed E-state index contributed by atoms with van der Waals surface area (Å²) in [4.78, 5) is 0. The molecule has 0 aromatic rings. The molecular weight excluding hydrogens is 237 g/mol. The molecule has 0 bridgehead atoms. The normalized spacial score (nSPS) is 25.3. The van der Waals surface area contributed by atoms with Gasteiger partial charge in [-0.2, -0.15) is 13.2 Å². The number of hydrogen-bond acceptors (Lipinski definition) is 0. The number of unbranched alkanes of at least 4 members (excludes halogenated alkanes) is 5. The third kappa shape index (κ3) is 6.10. The third-order valence-corrected chi connectivity index (χ3v) is 4.28. The van der Waals surface area contributed by atoms with Gasteiger partial charge >= 0.3 is 6.18 Å². The van der Waals surface area contributed by atoms with E-state index in [-0.39, 0.29) is 0 Å². The van der Waals surface area contributed by atoms with Crippen LogP contribution >= 0.6 is 0 Å². The molecule has 1 aliphatic carbocycles. The van der Waals surface area contributed by atoms with Crippen molar-refractivity contribution in [3.63, 3.8) is 0 Å². The molecular formula is C15H27F3. The topological polar surface area (TPSA) is 0 Å². The lowest BCUT2D eigenvalue weighted by molar-refractivity contribution is -0.184. The second-order valence-corrected chi connectivity index (χ2v) is 5.82. The second-order valence-electron chi connectivity index (χ2n) is 5.82. The summed E-state index contributed by atoms with van der Waals surface area (Å²) in [5, 5.41) is 0. The largest absolute Gasteiger partial charge is 0.391 e. The van der Waals surface area contributed by atoms with Crippen LogP contribution in [-0.2, 0) is 0 Å². The molecule has 0 atom stereocenters. The summed E-state index contributed by atoms with van der Waals surface area (Å²) in [7, 11) is 0. The molecule has 0 aromatic heterocycles. The number of rotatable bonds is 7. The van der Waals surface area contributed by atoms with Crippen molar-refractivity contribution < 1.29 is 13.2 Å². The van der Waals surface area contributed by atoms with Crippen LogP contribution in [0.1, 0.15) is 77.6 Å². The first kappa shape index (κ1) is 15.8. The van der Waals surface area contributed by atoms with E-state index in [4.69, 9.17) is 0 Å². The number of halogens is 3. The lowest BCUT2D eigenvalue weighted by Crippen LogP contribution is -2.27. The first-order valence-electron chi connectivity index (χ1n) is 7.60. The van der Waals surface area contributed by atoms with E-state index < -0.39 is 12.1 Å². The minimum absolute atomic E-state index is 0.365. The zero-order valence-corrected chi connectivity index (χ0v) is 11.6. The van der Waals surface area contributed by atoms with Gasteiger partial charge in [-0.15, -0.1) is 0 Å². The average Bonchev–Trinajstić information content (AvgIpc) is 2.33. The Labute approximate surface area is 109 Å². The van der Waals surface area contributed by atoms with Crippen LogP contribution in [0, 0.1) is 11.8 Å². The van der Waals surface area contributed by atoms with E-state index in [0.717, 1.165) is 19.3 Å². The number of hydrogen-bond donors (Lipinski definition) is 0. The number of alkyl halides is 3. The maximum atomic E-state index is 12.5. The van der Waals surface area contributed by atoms with Gasteiger partial charge in [-0.3, -0.25) is 0 Å². The van der Waals surface area contributed by atoms with Gasteiger partial charge in [0.15, 0.2) is 0 Å². The molecule has 1 fully saturated rings. The summed E-state index contributed by atoms with van der Waals surface area (Å²) in [5.74, 6) is -0.451. The molecule has 108 valence electrons. The van der Waals surface area contributed by atoms with Gasteiger partial charge in [0.2, 0.25) is 0 Å². The van der Waals surface area contributed by atoms with Crippen LogP contribution in [0.5, 0.6) is 0 Å². The van der Waals surface area contributed by atoms with Crippen LogP contribution in [0.3, 0.4) is 0 Å². The van der Waals surface area contributed by atoms with E-state index in [1.807, 2.05) is 0 Å². The van der Waals surface area contributed by atoms with Crippen molar-refractivity contribution in [1.29, 1.82) is 0 Å². The van der Waals surface area contributed by atoms with E-state index in [2.05, 4.69) is 6.92 Å². The quantitative estimate of drug-likeness (QED) is 0.487. The van der Waals surface area contributed by atoms with Gasteiger partial charge < -0.3 is 0 Å². The maximum Gasteiger partial charge on any atom is 0.391 e. The molecule has 3 heteroatoms. The highest BCUT2D eigenvalue weighted by Gasteiger charge is 2.41. The Morgan fingerprint density at radius 3 is 1.94 bits per heavy atom.